The summed E-state index contributed by atoms with van der Waals surface area (Å²) in [5, 5.41) is 11.3. The van der Waals surface area contributed by atoms with Gasteiger partial charge in [-0.1, -0.05) is 18.2 Å². The second-order valence-electron chi connectivity index (χ2n) is 6.73. The molecule has 4 N–H and O–H groups in total. The van der Waals surface area contributed by atoms with Crippen molar-refractivity contribution >= 4 is 17.4 Å². The van der Waals surface area contributed by atoms with Gasteiger partial charge in [-0.2, -0.15) is 9.78 Å². The monoisotopic (exact) mass is 325 g/mol. The first-order valence-corrected chi connectivity index (χ1v) is 8.56. The van der Waals surface area contributed by atoms with Gasteiger partial charge in [0.25, 0.3) is 5.91 Å². The summed E-state index contributed by atoms with van der Waals surface area (Å²) in [6.45, 7) is 5.77. The zero-order chi connectivity index (χ0) is 16.8. The van der Waals surface area contributed by atoms with Crippen molar-refractivity contribution in [1.29, 1.82) is 0 Å². The molecule has 0 spiro atoms. The van der Waals surface area contributed by atoms with Crippen molar-refractivity contribution in [2.45, 2.75) is 38.6 Å². The molecule has 6 heteroatoms. The fraction of sp³-hybridized carbons (Fsp3) is 0.444. The van der Waals surface area contributed by atoms with Gasteiger partial charge in [-0.15, -0.1) is 0 Å². The number of benzene rings is 1. The summed E-state index contributed by atoms with van der Waals surface area (Å²) < 4.78 is 1.44. The minimum Gasteiger partial charge on any atom is -0.385 e. The van der Waals surface area contributed by atoms with Crippen LogP contribution in [-0.4, -0.2) is 28.8 Å². The molecule has 2 aliphatic rings. The highest BCUT2D eigenvalue weighted by Crippen LogP contribution is 2.36. The van der Waals surface area contributed by atoms with Gasteiger partial charge in [0.05, 0.1) is 11.6 Å². The average molecular weight is 325 g/mol. The summed E-state index contributed by atoms with van der Waals surface area (Å²) in [6.07, 6.45) is 1.58. The highest BCUT2D eigenvalue weighted by atomic mass is 16.2. The van der Waals surface area contributed by atoms with E-state index in [9.17, 15) is 4.79 Å². The summed E-state index contributed by atoms with van der Waals surface area (Å²) in [7, 11) is 0. The van der Waals surface area contributed by atoms with Crippen LogP contribution in [0, 0.1) is 6.92 Å². The molecule has 2 atom stereocenters. The molecule has 2 aliphatic heterocycles. The number of anilines is 2. The Bertz CT molecular complexity index is 810. The number of aromatic nitrogens is 2. The molecule has 4 rings (SSSR count). The van der Waals surface area contributed by atoms with Gasteiger partial charge in [0.1, 0.15) is 5.82 Å². The Morgan fingerprint density at radius 1 is 1.38 bits per heavy atom. The third-order valence-corrected chi connectivity index (χ3v) is 5.21. The number of para-hydroxylation sites is 1. The molecule has 1 aromatic heterocycles. The third-order valence-electron chi connectivity index (χ3n) is 5.21. The number of nitrogen functional groups attached to an aromatic ring is 1. The van der Waals surface area contributed by atoms with Crippen LogP contribution in [0.15, 0.2) is 18.2 Å². The molecule has 6 nitrogen and oxygen atoms in total. The molecule has 3 heterocycles. The lowest BCUT2D eigenvalue weighted by molar-refractivity contribution is 0.0859. The Morgan fingerprint density at radius 3 is 3.00 bits per heavy atom. The van der Waals surface area contributed by atoms with Gasteiger partial charge in [0.15, 0.2) is 0 Å². The second kappa shape index (κ2) is 5.63. The van der Waals surface area contributed by atoms with Crippen molar-refractivity contribution in [1.82, 2.24) is 15.1 Å². The first-order chi connectivity index (χ1) is 11.6. The fourth-order valence-corrected chi connectivity index (χ4v) is 3.89. The van der Waals surface area contributed by atoms with E-state index in [0.717, 1.165) is 54.0 Å². The molecular weight excluding hydrogens is 302 g/mol. The van der Waals surface area contributed by atoms with E-state index in [1.165, 1.54) is 4.68 Å². The number of aryl methyl sites for hydroxylation is 1. The minimum absolute atomic E-state index is 0.0255. The van der Waals surface area contributed by atoms with Gasteiger partial charge in [0, 0.05) is 23.8 Å². The van der Waals surface area contributed by atoms with Gasteiger partial charge in [-0.05, 0) is 44.4 Å². The van der Waals surface area contributed by atoms with E-state index in [1.807, 2.05) is 12.1 Å². The van der Waals surface area contributed by atoms with E-state index in [0.29, 0.717) is 5.82 Å². The van der Waals surface area contributed by atoms with E-state index in [4.69, 9.17) is 5.73 Å². The van der Waals surface area contributed by atoms with Crippen LogP contribution in [0.1, 0.15) is 52.5 Å². The molecule has 0 radical (unpaired) electrons. The topological polar surface area (TPSA) is 85.0 Å². The van der Waals surface area contributed by atoms with Crippen LogP contribution in [-0.2, 0) is 6.42 Å². The predicted octanol–water partition coefficient (Wildman–Crippen LogP) is 2.22. The zero-order valence-corrected chi connectivity index (χ0v) is 14.1. The molecule has 0 fully saturated rings. The molecule has 0 saturated heterocycles. The lowest BCUT2D eigenvalue weighted by atomic mass is 9.88. The van der Waals surface area contributed by atoms with Crippen LogP contribution in [0.2, 0.25) is 0 Å². The Kier molecular flexibility index (Phi) is 3.57. The molecule has 1 aromatic carbocycles. The quantitative estimate of drug-likeness (QED) is 0.748. The normalized spacial score (nSPS) is 22.4. The van der Waals surface area contributed by atoms with Crippen LogP contribution >= 0.6 is 0 Å². The molecule has 126 valence electrons. The van der Waals surface area contributed by atoms with Crippen molar-refractivity contribution in [2.24, 2.45) is 0 Å². The molecule has 2 aromatic rings. The molecule has 0 bridgehead atoms. The second-order valence-corrected chi connectivity index (χ2v) is 6.73. The van der Waals surface area contributed by atoms with Gasteiger partial charge < -0.3 is 16.4 Å². The number of fused-ring (bicyclic) bond motifs is 2. The summed E-state index contributed by atoms with van der Waals surface area (Å²) in [4.78, 5) is 13.2. The van der Waals surface area contributed by atoms with Crippen LogP contribution in [0.4, 0.5) is 11.5 Å². The molecule has 0 amide bonds. The largest absolute Gasteiger partial charge is 0.385 e. The van der Waals surface area contributed by atoms with Gasteiger partial charge in [0.2, 0.25) is 0 Å². The van der Waals surface area contributed by atoms with E-state index < -0.39 is 0 Å². The predicted molar refractivity (Wildman–Crippen MR) is 94.4 cm³/mol. The van der Waals surface area contributed by atoms with Crippen molar-refractivity contribution in [3.8, 4) is 0 Å². The van der Waals surface area contributed by atoms with E-state index in [-0.39, 0.29) is 17.9 Å². The maximum atomic E-state index is 13.2. The Morgan fingerprint density at radius 2 is 2.21 bits per heavy atom. The van der Waals surface area contributed by atoms with E-state index in [1.54, 1.807) is 0 Å². The van der Waals surface area contributed by atoms with Crippen molar-refractivity contribution in [2.75, 3.05) is 24.1 Å². The van der Waals surface area contributed by atoms with Gasteiger partial charge >= 0.3 is 0 Å². The molecule has 24 heavy (non-hydrogen) atoms. The number of hydrogen-bond acceptors (Lipinski definition) is 5. The maximum Gasteiger partial charge on any atom is 0.256 e. The minimum atomic E-state index is -0.201. The summed E-state index contributed by atoms with van der Waals surface area (Å²) in [5.41, 5.74) is 11.5. The summed E-state index contributed by atoms with van der Waals surface area (Å²) in [5.74, 6) is 0.284. The number of nitrogens with one attached hydrogen (secondary N) is 2. The smallest absolute Gasteiger partial charge is 0.256 e. The highest BCUT2D eigenvalue weighted by molar-refractivity contribution is 5.90. The van der Waals surface area contributed by atoms with Crippen molar-refractivity contribution in [3.63, 3.8) is 0 Å². The number of rotatable bonds is 1. The van der Waals surface area contributed by atoms with Crippen LogP contribution in [0.25, 0.3) is 0 Å². The number of carbonyl (C=O) groups excluding carboxylic acids is 1. The van der Waals surface area contributed by atoms with E-state index >= 15 is 0 Å². The lowest BCUT2D eigenvalue weighted by Crippen LogP contribution is -2.29. The van der Waals surface area contributed by atoms with Crippen LogP contribution in [0.3, 0.4) is 0 Å². The first-order valence-electron chi connectivity index (χ1n) is 8.56. The standard InChI is InChI=1S/C18H23N5O/c1-10-4-3-5-12-13(6-9-21-15(10)12)18(24)23-17(19)14-7-8-20-11(2)16(14)22-23/h3-5,11,13,20-21H,6-9,19H2,1-2H3. The van der Waals surface area contributed by atoms with E-state index in [2.05, 4.69) is 35.6 Å². The zero-order valence-electron chi connectivity index (χ0n) is 14.1. The van der Waals surface area contributed by atoms with Crippen LogP contribution < -0.4 is 16.4 Å². The third kappa shape index (κ3) is 2.21. The number of nitrogens with zero attached hydrogens (tertiary/aromatic N) is 2. The fourth-order valence-electron chi connectivity index (χ4n) is 3.89. The molecule has 2 unspecified atom stereocenters. The summed E-state index contributed by atoms with van der Waals surface area (Å²) >= 11 is 0. The number of carbonyl (C=O) groups is 1. The maximum absolute atomic E-state index is 13.2. The van der Waals surface area contributed by atoms with Gasteiger partial charge in [-0.3, -0.25) is 4.79 Å². The Hall–Kier alpha value is -2.34. The van der Waals surface area contributed by atoms with Crippen molar-refractivity contribution < 1.29 is 4.79 Å². The summed E-state index contributed by atoms with van der Waals surface area (Å²) in [6, 6.07) is 6.23. The average Bonchev–Trinajstić information content (AvgIpc) is 2.93. The lowest BCUT2D eigenvalue weighted by Gasteiger charge is -2.27. The molecule has 0 aliphatic carbocycles. The highest BCUT2D eigenvalue weighted by Gasteiger charge is 2.32. The Labute approximate surface area is 141 Å². The molecular formula is C18H23N5O. The molecule has 0 saturated carbocycles. The number of hydrogen-bond donors (Lipinski definition) is 3. The SMILES string of the molecule is Cc1cccc2c1NCCC2C(=O)n1nc2c(c1N)CCNC2C. The van der Waals surface area contributed by atoms with Crippen LogP contribution in [0.5, 0.6) is 0 Å². The first kappa shape index (κ1) is 15.2. The van der Waals surface area contributed by atoms with Gasteiger partial charge in [-0.25, -0.2) is 0 Å². The number of nitrogens with two attached hydrogens (primary N) is 1. The Balaban J connectivity index is 1.75. The van der Waals surface area contributed by atoms with Crippen molar-refractivity contribution in [3.05, 3.63) is 40.6 Å².